The molecule has 0 saturated carbocycles. The molecular weight excluding hydrogens is 418 g/mol. The van der Waals surface area contributed by atoms with Crippen LogP contribution >= 0.6 is 0 Å². The second-order valence-corrected chi connectivity index (χ2v) is 8.86. The number of morpholine rings is 1. The average molecular weight is 454 g/mol. The summed E-state index contributed by atoms with van der Waals surface area (Å²) in [6, 6.07) is 13.8. The summed E-state index contributed by atoms with van der Waals surface area (Å²) >= 11 is 0. The molecule has 0 unspecified atom stereocenters. The lowest BCUT2D eigenvalue weighted by atomic mass is 10.1. The average Bonchev–Trinajstić information content (AvgIpc) is 2.85. The zero-order valence-electron chi connectivity index (χ0n) is 20.0. The van der Waals surface area contributed by atoms with Gasteiger partial charge in [0.1, 0.15) is 11.5 Å². The van der Waals surface area contributed by atoms with Crippen LogP contribution in [0.25, 0.3) is 0 Å². The standard InChI is InChI=1S/C26H35N3O4/c1-20-4-6-21(7-5-20)26(30)29-12-10-27(11-13-29)18-24-19-28(14-15-33-24)17-22-8-9-23(31-2)16-25(22)32-3/h4-9,16,24H,10-15,17-19H2,1-3H3/t24-/m0/s1. The Morgan fingerprint density at radius 1 is 0.970 bits per heavy atom. The van der Waals surface area contributed by atoms with Gasteiger partial charge in [0.05, 0.1) is 26.9 Å². The van der Waals surface area contributed by atoms with Crippen LogP contribution in [0, 0.1) is 6.92 Å². The maximum atomic E-state index is 12.8. The van der Waals surface area contributed by atoms with Gasteiger partial charge in [-0.15, -0.1) is 0 Å². The molecular formula is C26H35N3O4. The van der Waals surface area contributed by atoms with Crippen LogP contribution in [0.3, 0.4) is 0 Å². The fourth-order valence-electron chi connectivity index (χ4n) is 4.56. The van der Waals surface area contributed by atoms with Gasteiger partial charge in [-0.1, -0.05) is 23.8 Å². The van der Waals surface area contributed by atoms with Crippen molar-refractivity contribution >= 4 is 5.91 Å². The number of piperazine rings is 1. The van der Waals surface area contributed by atoms with Crippen LogP contribution in [0.2, 0.25) is 0 Å². The monoisotopic (exact) mass is 453 g/mol. The van der Waals surface area contributed by atoms with E-state index in [9.17, 15) is 4.79 Å². The summed E-state index contributed by atoms with van der Waals surface area (Å²) in [7, 11) is 3.36. The minimum atomic E-state index is 0.128. The zero-order valence-corrected chi connectivity index (χ0v) is 20.0. The van der Waals surface area contributed by atoms with Gasteiger partial charge in [0.15, 0.2) is 0 Å². The lowest BCUT2D eigenvalue weighted by Gasteiger charge is -2.39. The first-order valence-corrected chi connectivity index (χ1v) is 11.7. The molecule has 2 heterocycles. The second-order valence-electron chi connectivity index (χ2n) is 8.86. The van der Waals surface area contributed by atoms with Crippen LogP contribution in [-0.2, 0) is 11.3 Å². The lowest BCUT2D eigenvalue weighted by molar-refractivity contribution is -0.0498. The van der Waals surface area contributed by atoms with E-state index in [1.165, 1.54) is 5.56 Å². The first kappa shape index (κ1) is 23.5. The van der Waals surface area contributed by atoms with E-state index in [0.717, 1.165) is 81.6 Å². The summed E-state index contributed by atoms with van der Waals surface area (Å²) in [6.45, 7) is 9.55. The number of hydrogen-bond donors (Lipinski definition) is 0. The number of rotatable bonds is 7. The number of carbonyl (C=O) groups is 1. The molecule has 2 fully saturated rings. The predicted octanol–water partition coefficient (Wildman–Crippen LogP) is 2.67. The number of methoxy groups -OCH3 is 2. The number of aryl methyl sites for hydroxylation is 1. The summed E-state index contributed by atoms with van der Waals surface area (Å²) in [5.41, 5.74) is 3.10. The Balaban J connectivity index is 1.26. The van der Waals surface area contributed by atoms with Gasteiger partial charge in [0.2, 0.25) is 0 Å². The van der Waals surface area contributed by atoms with Crippen LogP contribution in [0.15, 0.2) is 42.5 Å². The summed E-state index contributed by atoms with van der Waals surface area (Å²) < 4.78 is 17.0. The third-order valence-electron chi connectivity index (χ3n) is 6.53. The molecule has 2 aliphatic rings. The van der Waals surface area contributed by atoms with Crippen molar-refractivity contribution in [2.45, 2.75) is 19.6 Å². The van der Waals surface area contributed by atoms with E-state index in [1.807, 2.05) is 48.2 Å². The van der Waals surface area contributed by atoms with Gasteiger partial charge in [-0.05, 0) is 25.1 Å². The van der Waals surface area contributed by atoms with E-state index < -0.39 is 0 Å². The van der Waals surface area contributed by atoms with Crippen molar-refractivity contribution < 1.29 is 19.0 Å². The summed E-state index contributed by atoms with van der Waals surface area (Å²) in [5, 5.41) is 0. The minimum Gasteiger partial charge on any atom is -0.497 e. The molecule has 33 heavy (non-hydrogen) atoms. The van der Waals surface area contributed by atoms with Crippen LogP contribution in [0.4, 0.5) is 0 Å². The van der Waals surface area contributed by atoms with Crippen LogP contribution < -0.4 is 9.47 Å². The molecule has 1 amide bonds. The molecule has 0 aromatic heterocycles. The number of nitrogens with zero attached hydrogens (tertiary/aromatic N) is 3. The van der Waals surface area contributed by atoms with Gasteiger partial charge in [0, 0.05) is 69.6 Å². The summed E-state index contributed by atoms with van der Waals surface area (Å²) in [4.78, 5) is 19.6. The highest BCUT2D eigenvalue weighted by atomic mass is 16.5. The van der Waals surface area contributed by atoms with Gasteiger partial charge < -0.3 is 19.1 Å². The molecule has 178 valence electrons. The first-order chi connectivity index (χ1) is 16.1. The van der Waals surface area contributed by atoms with Crippen LogP contribution in [-0.4, -0.2) is 93.4 Å². The molecule has 4 rings (SSSR count). The van der Waals surface area contributed by atoms with Gasteiger partial charge in [-0.3, -0.25) is 14.6 Å². The molecule has 0 spiro atoms. The normalized spacial score (nSPS) is 20.0. The quantitative estimate of drug-likeness (QED) is 0.643. The van der Waals surface area contributed by atoms with E-state index >= 15 is 0 Å². The smallest absolute Gasteiger partial charge is 0.253 e. The predicted molar refractivity (Wildman–Crippen MR) is 128 cm³/mol. The van der Waals surface area contributed by atoms with Crippen molar-refractivity contribution in [3.8, 4) is 11.5 Å². The van der Waals surface area contributed by atoms with Crippen LogP contribution in [0.1, 0.15) is 21.5 Å². The maximum absolute atomic E-state index is 12.8. The summed E-state index contributed by atoms with van der Waals surface area (Å²) in [5.74, 6) is 1.78. The van der Waals surface area contributed by atoms with Crippen molar-refractivity contribution in [3.05, 3.63) is 59.2 Å². The highest BCUT2D eigenvalue weighted by Gasteiger charge is 2.27. The topological polar surface area (TPSA) is 54.5 Å². The number of carbonyl (C=O) groups excluding carboxylic acids is 1. The molecule has 2 aliphatic heterocycles. The Morgan fingerprint density at radius 2 is 1.73 bits per heavy atom. The highest BCUT2D eigenvalue weighted by Crippen LogP contribution is 2.26. The third kappa shape index (κ3) is 6.05. The van der Waals surface area contributed by atoms with Crippen LogP contribution in [0.5, 0.6) is 11.5 Å². The van der Waals surface area contributed by atoms with E-state index in [2.05, 4.69) is 15.9 Å². The van der Waals surface area contributed by atoms with Gasteiger partial charge in [0.25, 0.3) is 5.91 Å². The SMILES string of the molecule is COc1ccc(CN2CCO[C@@H](CN3CCN(C(=O)c4ccc(C)cc4)CC3)C2)c(OC)c1. The molecule has 0 N–H and O–H groups in total. The van der Waals surface area contributed by atoms with Crippen molar-refractivity contribution in [2.75, 3.05) is 66.6 Å². The molecule has 0 bridgehead atoms. The maximum Gasteiger partial charge on any atom is 0.253 e. The molecule has 1 atom stereocenters. The van der Waals surface area contributed by atoms with Gasteiger partial charge in [-0.2, -0.15) is 0 Å². The molecule has 0 radical (unpaired) electrons. The second kappa shape index (κ2) is 11.0. The van der Waals surface area contributed by atoms with Crippen molar-refractivity contribution in [1.29, 1.82) is 0 Å². The minimum absolute atomic E-state index is 0.128. The highest BCUT2D eigenvalue weighted by molar-refractivity contribution is 5.94. The Bertz CT molecular complexity index is 926. The number of benzene rings is 2. The van der Waals surface area contributed by atoms with E-state index in [-0.39, 0.29) is 12.0 Å². The zero-order chi connectivity index (χ0) is 23.2. The molecule has 2 aromatic rings. The number of ether oxygens (including phenoxy) is 3. The Labute approximate surface area is 196 Å². The first-order valence-electron chi connectivity index (χ1n) is 11.7. The molecule has 0 aliphatic carbocycles. The van der Waals surface area contributed by atoms with Gasteiger partial charge in [-0.25, -0.2) is 0 Å². The van der Waals surface area contributed by atoms with E-state index in [4.69, 9.17) is 14.2 Å². The lowest BCUT2D eigenvalue weighted by Crippen LogP contribution is -2.53. The van der Waals surface area contributed by atoms with E-state index in [1.54, 1.807) is 14.2 Å². The van der Waals surface area contributed by atoms with E-state index in [0.29, 0.717) is 0 Å². The van der Waals surface area contributed by atoms with Crippen molar-refractivity contribution in [2.24, 2.45) is 0 Å². The largest absolute Gasteiger partial charge is 0.497 e. The summed E-state index contributed by atoms with van der Waals surface area (Å²) in [6.07, 6.45) is 0.169. The molecule has 7 heteroatoms. The molecule has 7 nitrogen and oxygen atoms in total. The number of hydrogen-bond acceptors (Lipinski definition) is 6. The Hall–Kier alpha value is -2.61. The fraction of sp³-hybridized carbons (Fsp3) is 0.500. The Morgan fingerprint density at radius 3 is 2.42 bits per heavy atom. The number of amides is 1. The van der Waals surface area contributed by atoms with Gasteiger partial charge >= 0.3 is 0 Å². The molecule has 2 saturated heterocycles. The fourth-order valence-corrected chi connectivity index (χ4v) is 4.56. The van der Waals surface area contributed by atoms with Crippen molar-refractivity contribution in [3.63, 3.8) is 0 Å². The van der Waals surface area contributed by atoms with Crippen molar-refractivity contribution in [1.82, 2.24) is 14.7 Å². The Kier molecular flexibility index (Phi) is 7.85. The molecule has 2 aromatic carbocycles. The third-order valence-corrected chi connectivity index (χ3v) is 6.53.